The van der Waals surface area contributed by atoms with Crippen molar-refractivity contribution in [3.8, 4) is 11.5 Å². The van der Waals surface area contributed by atoms with E-state index in [0.29, 0.717) is 18.0 Å². The number of hydrogen-bond acceptors (Lipinski definition) is 5. The summed E-state index contributed by atoms with van der Waals surface area (Å²) in [5.41, 5.74) is 1.55. The van der Waals surface area contributed by atoms with Gasteiger partial charge in [-0.05, 0) is 49.7 Å². The maximum Gasteiger partial charge on any atom is 0.258 e. The highest BCUT2D eigenvalue weighted by atomic mass is 32.2. The molecule has 7 nitrogen and oxygen atoms in total. The zero-order valence-electron chi connectivity index (χ0n) is 16.5. The molecule has 0 aromatic heterocycles. The van der Waals surface area contributed by atoms with Crippen LogP contribution >= 0.6 is 0 Å². The molecule has 0 saturated heterocycles. The maximum atomic E-state index is 12.0. The number of carbonyl (C=O) groups is 1. The second kappa shape index (κ2) is 9.45. The van der Waals surface area contributed by atoms with Gasteiger partial charge in [0.15, 0.2) is 6.61 Å². The van der Waals surface area contributed by atoms with Crippen molar-refractivity contribution in [2.45, 2.75) is 19.9 Å². The Morgan fingerprint density at radius 3 is 2.36 bits per heavy atom. The average molecular weight is 407 g/mol. The molecule has 2 rings (SSSR count). The molecule has 0 fully saturated rings. The fourth-order valence-corrected chi connectivity index (χ4v) is 2.89. The van der Waals surface area contributed by atoms with E-state index in [1.165, 1.54) is 11.4 Å². The highest BCUT2D eigenvalue weighted by molar-refractivity contribution is 7.92. The highest BCUT2D eigenvalue weighted by Crippen LogP contribution is 2.20. The smallest absolute Gasteiger partial charge is 0.258 e. The number of para-hydroxylation sites is 1. The lowest BCUT2D eigenvalue weighted by molar-refractivity contribution is -0.123. The van der Waals surface area contributed by atoms with E-state index in [1.54, 1.807) is 24.3 Å². The standard InChI is InChI=1S/C20H26N2O5S/c1-15-7-5-6-8-19(15)27-13-16(2)21-20(23)14-26-18-11-9-17(10-12-18)22(3)28(4,24)25/h5-12,16H,13-14H2,1-4H3,(H,21,23)/t16-/m1/s1. The summed E-state index contributed by atoms with van der Waals surface area (Å²) in [7, 11) is -1.85. The molecule has 0 saturated carbocycles. The minimum atomic E-state index is -3.32. The maximum absolute atomic E-state index is 12.0. The number of amides is 1. The SMILES string of the molecule is Cc1ccccc1OC[C@@H](C)NC(=O)COc1ccc(N(C)S(C)(=O)=O)cc1. The van der Waals surface area contributed by atoms with E-state index in [0.717, 1.165) is 17.6 Å². The van der Waals surface area contributed by atoms with E-state index in [9.17, 15) is 13.2 Å². The summed E-state index contributed by atoms with van der Waals surface area (Å²) in [5.74, 6) is 1.00. The number of hydrogen-bond donors (Lipinski definition) is 1. The van der Waals surface area contributed by atoms with Gasteiger partial charge in [0.25, 0.3) is 5.91 Å². The van der Waals surface area contributed by atoms with Crippen LogP contribution in [0.4, 0.5) is 5.69 Å². The van der Waals surface area contributed by atoms with E-state index in [-0.39, 0.29) is 18.6 Å². The van der Waals surface area contributed by atoms with Gasteiger partial charge >= 0.3 is 0 Å². The van der Waals surface area contributed by atoms with Crippen molar-refractivity contribution in [3.05, 3.63) is 54.1 Å². The number of nitrogens with one attached hydrogen (secondary N) is 1. The zero-order chi connectivity index (χ0) is 20.7. The van der Waals surface area contributed by atoms with Gasteiger partial charge in [0.05, 0.1) is 18.0 Å². The monoisotopic (exact) mass is 406 g/mol. The first-order valence-electron chi connectivity index (χ1n) is 8.81. The molecule has 0 aliphatic heterocycles. The first-order valence-corrected chi connectivity index (χ1v) is 10.7. The van der Waals surface area contributed by atoms with Crippen molar-refractivity contribution in [1.82, 2.24) is 5.32 Å². The molecule has 2 aromatic carbocycles. The number of anilines is 1. The summed E-state index contributed by atoms with van der Waals surface area (Å²) in [5, 5.41) is 2.81. The fraction of sp³-hybridized carbons (Fsp3) is 0.350. The Morgan fingerprint density at radius 2 is 1.75 bits per heavy atom. The minimum Gasteiger partial charge on any atom is -0.491 e. The van der Waals surface area contributed by atoms with Crippen LogP contribution in [-0.2, 0) is 14.8 Å². The summed E-state index contributed by atoms with van der Waals surface area (Å²) in [6, 6.07) is 14.0. The predicted octanol–water partition coefficient (Wildman–Crippen LogP) is 2.35. The third-order valence-corrected chi connectivity index (χ3v) is 5.26. The molecule has 2 aromatic rings. The van der Waals surface area contributed by atoms with Crippen molar-refractivity contribution < 1.29 is 22.7 Å². The molecule has 0 spiro atoms. The second-order valence-electron chi connectivity index (χ2n) is 6.56. The van der Waals surface area contributed by atoms with Crippen LogP contribution in [0.3, 0.4) is 0 Å². The molecule has 0 radical (unpaired) electrons. The summed E-state index contributed by atoms with van der Waals surface area (Å²) in [6.07, 6.45) is 1.13. The van der Waals surface area contributed by atoms with Crippen molar-refractivity contribution >= 4 is 21.6 Å². The van der Waals surface area contributed by atoms with E-state index in [2.05, 4.69) is 5.32 Å². The molecule has 152 valence electrons. The Labute approximate surface area is 166 Å². The Kier molecular flexibility index (Phi) is 7.28. The Hall–Kier alpha value is -2.74. The largest absolute Gasteiger partial charge is 0.491 e. The number of rotatable bonds is 9. The molecular formula is C20H26N2O5S. The molecule has 0 aliphatic rings. The number of sulfonamides is 1. The molecule has 28 heavy (non-hydrogen) atoms. The average Bonchev–Trinajstić information content (AvgIpc) is 2.65. The number of ether oxygens (including phenoxy) is 2. The number of aryl methyl sites for hydroxylation is 1. The molecule has 0 heterocycles. The topological polar surface area (TPSA) is 84.9 Å². The third kappa shape index (κ3) is 6.45. The molecule has 1 N–H and O–H groups in total. The molecule has 0 aliphatic carbocycles. The molecule has 1 atom stereocenters. The zero-order valence-corrected chi connectivity index (χ0v) is 17.3. The lowest BCUT2D eigenvalue weighted by Gasteiger charge is -2.17. The van der Waals surface area contributed by atoms with Gasteiger partial charge in [-0.15, -0.1) is 0 Å². The van der Waals surface area contributed by atoms with Crippen molar-refractivity contribution in [2.75, 3.05) is 30.8 Å². The van der Waals surface area contributed by atoms with Crippen LogP contribution in [0.15, 0.2) is 48.5 Å². The van der Waals surface area contributed by atoms with Gasteiger partial charge in [-0.25, -0.2) is 8.42 Å². The number of nitrogens with zero attached hydrogens (tertiary/aromatic N) is 1. The van der Waals surface area contributed by atoms with Gasteiger partial charge in [0.1, 0.15) is 18.1 Å². The Balaban J connectivity index is 1.78. The molecule has 0 bridgehead atoms. The van der Waals surface area contributed by atoms with Gasteiger partial charge in [0, 0.05) is 7.05 Å². The van der Waals surface area contributed by atoms with Gasteiger partial charge in [-0.3, -0.25) is 9.10 Å². The quantitative estimate of drug-likeness (QED) is 0.691. The van der Waals surface area contributed by atoms with E-state index < -0.39 is 10.0 Å². The van der Waals surface area contributed by atoms with Crippen LogP contribution in [0, 0.1) is 6.92 Å². The van der Waals surface area contributed by atoms with E-state index >= 15 is 0 Å². The van der Waals surface area contributed by atoms with Crippen LogP contribution in [-0.4, -0.2) is 46.9 Å². The molecular weight excluding hydrogens is 380 g/mol. The first-order chi connectivity index (χ1) is 13.2. The van der Waals surface area contributed by atoms with Gasteiger partial charge < -0.3 is 14.8 Å². The fourth-order valence-electron chi connectivity index (χ4n) is 2.38. The minimum absolute atomic E-state index is 0.143. The molecule has 1 amide bonds. The van der Waals surface area contributed by atoms with Crippen LogP contribution in [0.2, 0.25) is 0 Å². The van der Waals surface area contributed by atoms with Crippen LogP contribution in [0.5, 0.6) is 11.5 Å². The Bertz CT molecular complexity index is 897. The van der Waals surface area contributed by atoms with Gasteiger partial charge in [-0.2, -0.15) is 0 Å². The summed E-state index contributed by atoms with van der Waals surface area (Å²) >= 11 is 0. The van der Waals surface area contributed by atoms with Crippen molar-refractivity contribution in [2.24, 2.45) is 0 Å². The van der Waals surface area contributed by atoms with Gasteiger partial charge in [0.2, 0.25) is 10.0 Å². The van der Waals surface area contributed by atoms with Gasteiger partial charge in [-0.1, -0.05) is 18.2 Å². The van der Waals surface area contributed by atoms with E-state index in [4.69, 9.17) is 9.47 Å². The number of carbonyl (C=O) groups excluding carboxylic acids is 1. The van der Waals surface area contributed by atoms with Crippen molar-refractivity contribution in [3.63, 3.8) is 0 Å². The van der Waals surface area contributed by atoms with Crippen molar-refractivity contribution in [1.29, 1.82) is 0 Å². The summed E-state index contributed by atoms with van der Waals surface area (Å²) < 4.78 is 35.4. The highest BCUT2D eigenvalue weighted by Gasteiger charge is 2.12. The van der Waals surface area contributed by atoms with E-state index in [1.807, 2.05) is 38.1 Å². The predicted molar refractivity (Wildman–Crippen MR) is 109 cm³/mol. The molecule has 8 heteroatoms. The summed E-state index contributed by atoms with van der Waals surface area (Å²) in [6.45, 7) is 4.02. The van der Waals surface area contributed by atoms with Crippen LogP contribution in [0.1, 0.15) is 12.5 Å². The van der Waals surface area contributed by atoms with Crippen LogP contribution < -0.4 is 19.1 Å². The number of benzene rings is 2. The third-order valence-electron chi connectivity index (χ3n) is 4.06. The van der Waals surface area contributed by atoms with Crippen LogP contribution in [0.25, 0.3) is 0 Å². The lowest BCUT2D eigenvalue weighted by atomic mass is 10.2. The first kappa shape index (κ1) is 21.6. The normalized spacial score (nSPS) is 12.1. The Morgan fingerprint density at radius 1 is 1.11 bits per heavy atom. The summed E-state index contributed by atoms with van der Waals surface area (Å²) in [4.78, 5) is 12.0. The lowest BCUT2D eigenvalue weighted by Crippen LogP contribution is -2.39. The molecule has 0 unspecified atom stereocenters. The second-order valence-corrected chi connectivity index (χ2v) is 8.57.